The van der Waals surface area contributed by atoms with Crippen molar-refractivity contribution in [2.45, 2.75) is 10.2 Å². The van der Waals surface area contributed by atoms with Crippen LogP contribution in [0.2, 0.25) is 0 Å². The average molecular weight is 281 g/mol. The maximum absolute atomic E-state index is 12.9. The van der Waals surface area contributed by atoms with Gasteiger partial charge in [-0.25, -0.2) is 13.2 Å². The topological polar surface area (TPSA) is 115 Å². The molecular formula is C8H5F2NO6S. The van der Waals surface area contributed by atoms with Gasteiger partial charge in [-0.05, 0) is 12.1 Å². The van der Waals surface area contributed by atoms with Gasteiger partial charge in [-0.2, -0.15) is 8.78 Å². The Kier molecular flexibility index (Phi) is 3.33. The van der Waals surface area contributed by atoms with Crippen molar-refractivity contribution < 1.29 is 32.0 Å². The van der Waals surface area contributed by atoms with Gasteiger partial charge in [-0.15, -0.1) is 0 Å². The lowest BCUT2D eigenvalue weighted by Gasteiger charge is -2.11. The third-order valence-corrected chi connectivity index (χ3v) is 3.69. The Balaban J connectivity index is 3.30. The van der Waals surface area contributed by atoms with Gasteiger partial charge >= 0.3 is 11.2 Å². The predicted molar refractivity (Wildman–Crippen MR) is 52.9 cm³/mol. The molecule has 98 valence electrons. The number of sulfone groups is 1. The quantitative estimate of drug-likeness (QED) is 0.651. The summed E-state index contributed by atoms with van der Waals surface area (Å²) in [6.45, 7) is 0. The van der Waals surface area contributed by atoms with Crippen LogP contribution in [0.4, 0.5) is 14.5 Å². The summed E-state index contributed by atoms with van der Waals surface area (Å²) in [5, 5.41) is 13.4. The maximum Gasteiger partial charge on any atom is 0.444 e. The highest BCUT2D eigenvalue weighted by Crippen LogP contribution is 2.30. The molecule has 0 aliphatic heterocycles. The number of carbonyl (C=O) groups is 1. The minimum absolute atomic E-state index is 0.507. The normalized spacial score (nSPS) is 12.1. The zero-order valence-corrected chi connectivity index (χ0v) is 9.23. The standard InChI is InChI=1S/C8H5F2NO6S/c9-8(10,7(12)13)18(16,17)6-3-1-5(2-4-6)11(14)15/h1-4H,(H,12,13). The molecule has 0 fully saturated rings. The Morgan fingerprint density at radius 3 is 2.06 bits per heavy atom. The second-order valence-electron chi connectivity index (χ2n) is 3.08. The number of nitro groups is 1. The predicted octanol–water partition coefficient (Wildman–Crippen LogP) is 1.05. The fraction of sp³-hybridized carbons (Fsp3) is 0.125. The molecular weight excluding hydrogens is 276 g/mol. The molecule has 0 atom stereocenters. The van der Waals surface area contributed by atoms with E-state index in [-0.39, 0.29) is 0 Å². The van der Waals surface area contributed by atoms with E-state index in [9.17, 15) is 32.1 Å². The van der Waals surface area contributed by atoms with E-state index in [2.05, 4.69) is 0 Å². The highest BCUT2D eigenvalue weighted by atomic mass is 32.2. The van der Waals surface area contributed by atoms with Crippen LogP contribution in [0.25, 0.3) is 0 Å². The Labute approximate surface area is 98.7 Å². The van der Waals surface area contributed by atoms with Crippen LogP contribution in [0.3, 0.4) is 0 Å². The van der Waals surface area contributed by atoms with Gasteiger partial charge in [-0.1, -0.05) is 0 Å². The van der Waals surface area contributed by atoms with Crippen molar-refractivity contribution in [2.75, 3.05) is 0 Å². The van der Waals surface area contributed by atoms with Gasteiger partial charge in [-0.3, -0.25) is 10.1 Å². The smallest absolute Gasteiger partial charge is 0.444 e. The molecule has 0 bridgehead atoms. The van der Waals surface area contributed by atoms with Gasteiger partial charge in [0.1, 0.15) is 0 Å². The largest absolute Gasteiger partial charge is 0.476 e. The molecule has 1 rings (SSSR count). The number of non-ortho nitro benzene ring substituents is 1. The average Bonchev–Trinajstić information content (AvgIpc) is 2.28. The number of carboxylic acid groups (broad SMARTS) is 1. The molecule has 1 N–H and O–H groups in total. The monoisotopic (exact) mass is 281 g/mol. The number of nitrogens with zero attached hydrogens (tertiary/aromatic N) is 1. The Hall–Kier alpha value is -2.10. The molecule has 0 amide bonds. The van der Waals surface area contributed by atoms with Gasteiger partial charge < -0.3 is 5.11 Å². The number of rotatable bonds is 4. The number of carboxylic acids is 1. The van der Waals surface area contributed by atoms with Crippen molar-refractivity contribution in [3.05, 3.63) is 34.4 Å². The lowest BCUT2D eigenvalue weighted by molar-refractivity contribution is -0.384. The van der Waals surface area contributed by atoms with Gasteiger partial charge in [0.2, 0.25) is 0 Å². The Bertz CT molecular complexity index is 595. The zero-order chi connectivity index (χ0) is 14.1. The van der Waals surface area contributed by atoms with E-state index in [1.165, 1.54) is 0 Å². The lowest BCUT2D eigenvalue weighted by Crippen LogP contribution is -2.37. The summed E-state index contributed by atoms with van der Waals surface area (Å²) in [5.41, 5.74) is -0.507. The van der Waals surface area contributed by atoms with Gasteiger partial charge in [0.05, 0.1) is 9.82 Å². The molecule has 10 heteroatoms. The van der Waals surface area contributed by atoms with Crippen LogP contribution < -0.4 is 0 Å². The molecule has 7 nitrogen and oxygen atoms in total. The highest BCUT2D eigenvalue weighted by Gasteiger charge is 2.54. The summed E-state index contributed by atoms with van der Waals surface area (Å²) < 4.78 is 48.4. The molecule has 0 spiro atoms. The van der Waals surface area contributed by atoms with Gasteiger partial charge in [0, 0.05) is 12.1 Å². The SMILES string of the molecule is O=C(O)C(F)(F)S(=O)(=O)c1ccc([N+](=O)[O-])cc1. The molecule has 0 aromatic heterocycles. The summed E-state index contributed by atoms with van der Waals surface area (Å²) in [6, 6.07) is 2.46. The summed E-state index contributed by atoms with van der Waals surface area (Å²) in [5.74, 6) is -2.82. The van der Waals surface area contributed by atoms with Crippen molar-refractivity contribution in [1.29, 1.82) is 0 Å². The molecule has 0 heterocycles. The summed E-state index contributed by atoms with van der Waals surface area (Å²) >= 11 is 0. The number of alkyl halides is 2. The number of benzene rings is 1. The molecule has 1 aromatic rings. The minimum Gasteiger partial charge on any atom is -0.476 e. The van der Waals surface area contributed by atoms with Crippen molar-refractivity contribution in [3.63, 3.8) is 0 Å². The van der Waals surface area contributed by atoms with Crippen LogP contribution in [0, 0.1) is 10.1 Å². The summed E-state index contributed by atoms with van der Waals surface area (Å²) in [7, 11) is -5.44. The second kappa shape index (κ2) is 4.29. The van der Waals surface area contributed by atoms with Gasteiger partial charge in [0.15, 0.2) is 0 Å². The molecule has 18 heavy (non-hydrogen) atoms. The number of nitro benzene ring substituents is 1. The van der Waals surface area contributed by atoms with Crippen LogP contribution in [0.1, 0.15) is 0 Å². The first-order valence-electron chi connectivity index (χ1n) is 4.21. The molecule has 0 aliphatic carbocycles. The van der Waals surface area contributed by atoms with Crippen molar-refractivity contribution in [2.24, 2.45) is 0 Å². The van der Waals surface area contributed by atoms with Crippen LogP contribution in [0.5, 0.6) is 0 Å². The van der Waals surface area contributed by atoms with E-state index < -0.39 is 36.6 Å². The molecule has 0 saturated heterocycles. The fourth-order valence-corrected chi connectivity index (χ4v) is 2.03. The van der Waals surface area contributed by atoms with Crippen molar-refractivity contribution in [1.82, 2.24) is 0 Å². The summed E-state index contributed by atoms with van der Waals surface area (Å²) in [6.07, 6.45) is 0. The molecule has 0 aliphatic rings. The number of halogens is 2. The third kappa shape index (κ3) is 2.14. The third-order valence-electron chi connectivity index (χ3n) is 1.94. The number of hydrogen-bond donors (Lipinski definition) is 1. The van der Waals surface area contributed by atoms with Crippen LogP contribution >= 0.6 is 0 Å². The van der Waals surface area contributed by atoms with E-state index in [0.29, 0.717) is 24.3 Å². The maximum atomic E-state index is 12.9. The molecule has 0 unspecified atom stereocenters. The fourth-order valence-electron chi connectivity index (χ4n) is 1.01. The van der Waals surface area contributed by atoms with E-state index in [0.717, 1.165) is 0 Å². The van der Waals surface area contributed by atoms with Crippen LogP contribution in [0.15, 0.2) is 29.2 Å². The zero-order valence-electron chi connectivity index (χ0n) is 8.41. The highest BCUT2D eigenvalue weighted by molar-refractivity contribution is 7.93. The summed E-state index contributed by atoms with van der Waals surface area (Å²) in [4.78, 5) is 18.6. The Morgan fingerprint density at radius 2 is 1.72 bits per heavy atom. The number of aliphatic carboxylic acids is 1. The molecule has 0 radical (unpaired) electrons. The first-order valence-corrected chi connectivity index (χ1v) is 5.69. The van der Waals surface area contributed by atoms with Crippen LogP contribution in [-0.2, 0) is 14.6 Å². The van der Waals surface area contributed by atoms with E-state index in [1.807, 2.05) is 0 Å². The van der Waals surface area contributed by atoms with Crippen LogP contribution in [-0.4, -0.2) is 29.7 Å². The lowest BCUT2D eigenvalue weighted by atomic mass is 10.3. The molecule has 1 aromatic carbocycles. The van der Waals surface area contributed by atoms with Gasteiger partial charge in [0.25, 0.3) is 15.5 Å². The first-order chi connectivity index (χ1) is 8.10. The number of hydrogen-bond acceptors (Lipinski definition) is 5. The van der Waals surface area contributed by atoms with E-state index in [1.54, 1.807) is 0 Å². The van der Waals surface area contributed by atoms with Crippen molar-refractivity contribution >= 4 is 21.5 Å². The second-order valence-corrected chi connectivity index (χ2v) is 5.07. The van der Waals surface area contributed by atoms with E-state index >= 15 is 0 Å². The molecule has 0 saturated carbocycles. The minimum atomic E-state index is -5.44. The van der Waals surface area contributed by atoms with Crippen molar-refractivity contribution in [3.8, 4) is 0 Å². The van der Waals surface area contributed by atoms with E-state index in [4.69, 9.17) is 5.11 Å². The Morgan fingerprint density at radius 1 is 1.28 bits per heavy atom. The first kappa shape index (κ1) is 14.0.